The molecule has 3 nitrogen and oxygen atoms in total. The molecule has 0 fully saturated rings. The van der Waals surface area contributed by atoms with Gasteiger partial charge in [-0.15, -0.1) is 0 Å². The molecule has 1 heterocycles. The van der Waals surface area contributed by atoms with Gasteiger partial charge in [0.25, 0.3) is 0 Å². The highest BCUT2D eigenvalue weighted by atomic mass is 16.5. The summed E-state index contributed by atoms with van der Waals surface area (Å²) in [6, 6.07) is 7.06. The Morgan fingerprint density at radius 1 is 1.62 bits per heavy atom. The van der Waals surface area contributed by atoms with Crippen LogP contribution >= 0.6 is 0 Å². The minimum absolute atomic E-state index is 0.373. The van der Waals surface area contributed by atoms with E-state index in [0.29, 0.717) is 18.2 Å². The number of allylic oxidation sites excluding steroid dienone is 1. The first-order valence-corrected chi connectivity index (χ1v) is 3.98. The average molecular weight is 174 g/mol. The second-order valence-corrected chi connectivity index (χ2v) is 2.35. The first-order chi connectivity index (χ1) is 6.36. The molecule has 1 aromatic heterocycles. The number of nitriles is 1. The van der Waals surface area contributed by atoms with Crippen molar-refractivity contribution in [2.75, 3.05) is 6.61 Å². The fourth-order valence-electron chi connectivity index (χ4n) is 0.787. The largest absolute Gasteiger partial charge is 0.473 e. The predicted octanol–water partition coefficient (Wildman–Crippen LogP) is 1.91. The van der Waals surface area contributed by atoms with E-state index in [1.807, 2.05) is 25.1 Å². The third-order valence-electron chi connectivity index (χ3n) is 1.40. The fourth-order valence-corrected chi connectivity index (χ4v) is 0.787. The van der Waals surface area contributed by atoms with Gasteiger partial charge >= 0.3 is 0 Å². The van der Waals surface area contributed by atoms with Crippen LogP contribution in [-0.2, 0) is 0 Å². The summed E-state index contributed by atoms with van der Waals surface area (Å²) in [5.74, 6) is 0.483. The molecule has 0 aliphatic carbocycles. The Bertz CT molecular complexity index is 339. The number of ether oxygens (including phenoxy) is 1. The van der Waals surface area contributed by atoms with Crippen molar-refractivity contribution in [1.29, 1.82) is 5.26 Å². The van der Waals surface area contributed by atoms with Gasteiger partial charge in [-0.05, 0) is 13.0 Å². The number of hydrogen-bond donors (Lipinski definition) is 0. The summed E-state index contributed by atoms with van der Waals surface area (Å²) >= 11 is 0. The van der Waals surface area contributed by atoms with Gasteiger partial charge in [-0.25, -0.2) is 4.98 Å². The maximum atomic E-state index is 8.55. The zero-order chi connectivity index (χ0) is 9.52. The molecule has 0 saturated carbocycles. The highest BCUT2D eigenvalue weighted by Crippen LogP contribution is 2.06. The standard InChI is InChI=1S/C10H10N2O/c1-2-3-7-13-10-6-4-5-9(8-11)12-10/h2-6H,7H2,1H3/b3-2+. The molecule has 0 spiro atoms. The van der Waals surface area contributed by atoms with Crippen molar-refractivity contribution >= 4 is 0 Å². The third-order valence-corrected chi connectivity index (χ3v) is 1.40. The smallest absolute Gasteiger partial charge is 0.214 e. The SMILES string of the molecule is C/C=C/COc1cccc(C#N)n1. The Balaban J connectivity index is 2.62. The Labute approximate surface area is 77.3 Å². The highest BCUT2D eigenvalue weighted by molar-refractivity contribution is 5.24. The van der Waals surface area contributed by atoms with Crippen molar-refractivity contribution in [3.05, 3.63) is 36.0 Å². The van der Waals surface area contributed by atoms with Gasteiger partial charge in [-0.1, -0.05) is 18.2 Å². The summed E-state index contributed by atoms with van der Waals surface area (Å²) in [5, 5.41) is 8.55. The molecule has 0 unspecified atom stereocenters. The monoisotopic (exact) mass is 174 g/mol. The molecule has 0 saturated heterocycles. The molecule has 0 bridgehead atoms. The number of aromatic nitrogens is 1. The molecule has 1 rings (SSSR count). The van der Waals surface area contributed by atoms with E-state index >= 15 is 0 Å². The Morgan fingerprint density at radius 2 is 2.46 bits per heavy atom. The summed E-state index contributed by atoms with van der Waals surface area (Å²) < 4.78 is 5.24. The Hall–Kier alpha value is -1.82. The molecule has 0 atom stereocenters. The van der Waals surface area contributed by atoms with Crippen molar-refractivity contribution < 1.29 is 4.74 Å². The molecular formula is C10H10N2O. The van der Waals surface area contributed by atoms with Crippen LogP contribution in [-0.4, -0.2) is 11.6 Å². The van der Waals surface area contributed by atoms with Crippen LogP contribution in [0.3, 0.4) is 0 Å². The van der Waals surface area contributed by atoms with E-state index < -0.39 is 0 Å². The summed E-state index contributed by atoms with van der Waals surface area (Å²) in [7, 11) is 0. The quantitative estimate of drug-likeness (QED) is 0.657. The van der Waals surface area contributed by atoms with E-state index in [1.165, 1.54) is 0 Å². The van der Waals surface area contributed by atoms with E-state index in [2.05, 4.69) is 4.98 Å². The first kappa shape index (κ1) is 9.27. The van der Waals surface area contributed by atoms with Crippen LogP contribution in [0.15, 0.2) is 30.4 Å². The van der Waals surface area contributed by atoms with Crippen molar-refractivity contribution in [3.63, 3.8) is 0 Å². The maximum absolute atomic E-state index is 8.55. The van der Waals surface area contributed by atoms with E-state index in [4.69, 9.17) is 10.00 Å². The van der Waals surface area contributed by atoms with Crippen molar-refractivity contribution in [3.8, 4) is 11.9 Å². The van der Waals surface area contributed by atoms with Gasteiger partial charge in [0.05, 0.1) is 0 Å². The summed E-state index contributed by atoms with van der Waals surface area (Å²) in [5.41, 5.74) is 0.373. The molecular weight excluding hydrogens is 164 g/mol. The zero-order valence-electron chi connectivity index (χ0n) is 7.40. The van der Waals surface area contributed by atoms with Crippen molar-refractivity contribution in [2.24, 2.45) is 0 Å². The second-order valence-electron chi connectivity index (χ2n) is 2.35. The van der Waals surface area contributed by atoms with Crippen LogP contribution in [0.4, 0.5) is 0 Å². The normalized spacial score (nSPS) is 9.85. The lowest BCUT2D eigenvalue weighted by Crippen LogP contribution is -1.96. The highest BCUT2D eigenvalue weighted by Gasteiger charge is 1.95. The molecule has 1 aromatic rings. The lowest BCUT2D eigenvalue weighted by Gasteiger charge is -2.00. The minimum atomic E-state index is 0.373. The lowest BCUT2D eigenvalue weighted by atomic mass is 10.4. The van der Waals surface area contributed by atoms with Crippen LogP contribution in [0.25, 0.3) is 0 Å². The average Bonchev–Trinajstić information content (AvgIpc) is 2.19. The fraction of sp³-hybridized carbons (Fsp3) is 0.200. The van der Waals surface area contributed by atoms with E-state index in [0.717, 1.165) is 0 Å². The molecule has 3 heteroatoms. The number of hydrogen-bond acceptors (Lipinski definition) is 3. The molecule has 66 valence electrons. The Morgan fingerprint density at radius 3 is 3.15 bits per heavy atom. The van der Waals surface area contributed by atoms with Crippen molar-refractivity contribution in [1.82, 2.24) is 4.98 Å². The van der Waals surface area contributed by atoms with Gasteiger partial charge in [0, 0.05) is 6.07 Å². The van der Waals surface area contributed by atoms with E-state index in [-0.39, 0.29) is 0 Å². The van der Waals surface area contributed by atoms with Gasteiger partial charge in [-0.2, -0.15) is 5.26 Å². The second kappa shape index (κ2) is 4.94. The van der Waals surface area contributed by atoms with Crippen molar-refractivity contribution in [2.45, 2.75) is 6.92 Å². The summed E-state index contributed by atoms with van der Waals surface area (Å²) in [6.45, 7) is 2.40. The molecule has 13 heavy (non-hydrogen) atoms. The molecule has 0 aliphatic heterocycles. The minimum Gasteiger partial charge on any atom is -0.473 e. The van der Waals surface area contributed by atoms with Gasteiger partial charge in [0.1, 0.15) is 18.4 Å². The van der Waals surface area contributed by atoms with Gasteiger partial charge in [0.15, 0.2) is 0 Å². The summed E-state index contributed by atoms with van der Waals surface area (Å²) in [4.78, 5) is 3.95. The molecule has 0 radical (unpaired) electrons. The zero-order valence-corrected chi connectivity index (χ0v) is 7.40. The maximum Gasteiger partial charge on any atom is 0.214 e. The number of nitrogens with zero attached hydrogens (tertiary/aromatic N) is 2. The Kier molecular flexibility index (Phi) is 3.52. The third kappa shape index (κ3) is 2.96. The van der Waals surface area contributed by atoms with Crippen LogP contribution in [0.2, 0.25) is 0 Å². The molecule has 0 N–H and O–H groups in total. The van der Waals surface area contributed by atoms with Crippen LogP contribution in [0, 0.1) is 11.3 Å². The molecule has 0 amide bonds. The van der Waals surface area contributed by atoms with Gasteiger partial charge < -0.3 is 4.74 Å². The van der Waals surface area contributed by atoms with Crippen LogP contribution in [0.5, 0.6) is 5.88 Å². The molecule has 0 aliphatic rings. The topological polar surface area (TPSA) is 45.9 Å². The first-order valence-electron chi connectivity index (χ1n) is 3.98. The van der Waals surface area contributed by atoms with Crippen LogP contribution < -0.4 is 4.74 Å². The van der Waals surface area contributed by atoms with Crippen LogP contribution in [0.1, 0.15) is 12.6 Å². The lowest BCUT2D eigenvalue weighted by molar-refractivity contribution is 0.348. The number of pyridine rings is 1. The predicted molar refractivity (Wildman–Crippen MR) is 49.3 cm³/mol. The number of rotatable bonds is 3. The summed E-state index contributed by atoms with van der Waals surface area (Å²) in [6.07, 6.45) is 3.77. The van der Waals surface area contributed by atoms with Gasteiger partial charge in [0.2, 0.25) is 5.88 Å². The van der Waals surface area contributed by atoms with E-state index in [1.54, 1.807) is 18.2 Å². The molecule has 0 aromatic carbocycles. The van der Waals surface area contributed by atoms with Gasteiger partial charge in [-0.3, -0.25) is 0 Å². The van der Waals surface area contributed by atoms with E-state index in [9.17, 15) is 0 Å².